The number of halogens is 6. The molecule has 0 saturated carbocycles. The summed E-state index contributed by atoms with van der Waals surface area (Å²) in [6.07, 6.45) is -5.89. The highest BCUT2D eigenvalue weighted by atomic mass is 35.5. The lowest BCUT2D eigenvalue weighted by Crippen LogP contribution is -2.35. The molecule has 1 heterocycles. The normalized spacial score (nSPS) is 12.3. The van der Waals surface area contributed by atoms with E-state index in [4.69, 9.17) is 16.3 Å². The van der Waals surface area contributed by atoms with E-state index in [1.165, 1.54) is 31.4 Å². The van der Waals surface area contributed by atoms with Crippen LogP contribution in [0.1, 0.15) is 20.9 Å². The van der Waals surface area contributed by atoms with Gasteiger partial charge in [-0.3, -0.25) is 4.79 Å². The van der Waals surface area contributed by atoms with Gasteiger partial charge in [0.25, 0.3) is 0 Å². The minimum Gasteiger partial charge on any atom is -0.497 e. The van der Waals surface area contributed by atoms with E-state index in [0.717, 1.165) is 0 Å². The highest BCUT2D eigenvalue weighted by Gasteiger charge is 2.61. The fraction of sp³-hybridized carbons (Fsp3) is 0.231. The highest BCUT2D eigenvalue weighted by molar-refractivity contribution is 7.17. The summed E-state index contributed by atoms with van der Waals surface area (Å²) < 4.78 is 68.9. The Hall–Kier alpha value is -1.74. The van der Waals surface area contributed by atoms with Crippen molar-refractivity contribution in [1.82, 2.24) is 4.98 Å². The third-order valence-corrected chi connectivity index (χ3v) is 3.97. The molecular weight excluding hydrogens is 365 g/mol. The molecular formula is C13H7ClF5NO2S. The molecule has 0 aliphatic carbocycles. The van der Waals surface area contributed by atoms with Crippen molar-refractivity contribution >= 4 is 28.7 Å². The van der Waals surface area contributed by atoms with Crippen LogP contribution in [0.4, 0.5) is 22.0 Å². The molecule has 0 N–H and O–H groups in total. The van der Waals surface area contributed by atoms with Crippen LogP contribution in [0.5, 0.6) is 5.75 Å². The van der Waals surface area contributed by atoms with Gasteiger partial charge in [-0.15, -0.1) is 0 Å². The van der Waals surface area contributed by atoms with E-state index in [2.05, 4.69) is 4.98 Å². The molecule has 2 rings (SSSR count). The summed E-state index contributed by atoms with van der Waals surface area (Å²) in [5.41, 5.74) is -1.79. The minimum atomic E-state index is -5.89. The molecule has 0 unspecified atom stereocenters. The Bertz CT molecular complexity index is 727. The zero-order chi connectivity index (χ0) is 17.4. The predicted molar refractivity (Wildman–Crippen MR) is 73.5 cm³/mol. The van der Waals surface area contributed by atoms with E-state index in [9.17, 15) is 26.7 Å². The van der Waals surface area contributed by atoms with Crippen LogP contribution >= 0.6 is 22.9 Å². The van der Waals surface area contributed by atoms with E-state index in [-0.39, 0.29) is 16.9 Å². The number of carbonyl (C=O) groups is 1. The lowest BCUT2D eigenvalue weighted by molar-refractivity contribution is -0.290. The van der Waals surface area contributed by atoms with Gasteiger partial charge in [0.15, 0.2) is 4.47 Å². The Kier molecular flexibility index (Phi) is 4.63. The Balaban J connectivity index is 2.49. The second kappa shape index (κ2) is 6.04. The summed E-state index contributed by atoms with van der Waals surface area (Å²) >= 11 is 5.70. The maximum atomic E-state index is 13.5. The van der Waals surface area contributed by atoms with E-state index in [0.29, 0.717) is 5.75 Å². The Labute approximate surface area is 135 Å². The summed E-state index contributed by atoms with van der Waals surface area (Å²) in [6.45, 7) is 0. The number of rotatable bonds is 4. The highest BCUT2D eigenvalue weighted by Crippen LogP contribution is 2.46. The molecule has 0 aliphatic rings. The van der Waals surface area contributed by atoms with Crippen molar-refractivity contribution in [1.29, 1.82) is 0 Å². The molecule has 0 fully saturated rings. The van der Waals surface area contributed by atoms with Crippen molar-refractivity contribution in [2.75, 3.05) is 7.11 Å². The number of carbonyl (C=O) groups excluding carboxylic acids is 1. The van der Waals surface area contributed by atoms with Crippen molar-refractivity contribution < 1.29 is 31.5 Å². The van der Waals surface area contributed by atoms with Crippen LogP contribution in [-0.2, 0) is 5.92 Å². The van der Waals surface area contributed by atoms with Crippen LogP contribution in [0.25, 0.3) is 0 Å². The fourth-order valence-corrected chi connectivity index (χ4v) is 2.77. The molecule has 3 nitrogen and oxygen atoms in total. The molecule has 0 spiro atoms. The van der Waals surface area contributed by atoms with Gasteiger partial charge in [-0.25, -0.2) is 4.98 Å². The quantitative estimate of drug-likeness (QED) is 0.578. The topological polar surface area (TPSA) is 39.2 Å². The van der Waals surface area contributed by atoms with Crippen LogP contribution in [-0.4, -0.2) is 24.1 Å². The lowest BCUT2D eigenvalue weighted by atomic mass is 10.1. The third-order valence-electron chi connectivity index (χ3n) is 2.81. The molecule has 0 saturated heterocycles. The molecule has 1 aromatic carbocycles. The second-order valence-corrected chi connectivity index (χ2v) is 5.86. The summed E-state index contributed by atoms with van der Waals surface area (Å²) in [5, 5.41) is 0. The van der Waals surface area contributed by atoms with E-state index < -0.39 is 32.9 Å². The summed E-state index contributed by atoms with van der Waals surface area (Å²) in [5.74, 6) is -5.92. The first-order valence-electron chi connectivity index (χ1n) is 5.88. The molecule has 10 heteroatoms. The van der Waals surface area contributed by atoms with Gasteiger partial charge in [0.1, 0.15) is 16.3 Å². The van der Waals surface area contributed by atoms with Crippen molar-refractivity contribution in [3.05, 3.63) is 44.9 Å². The maximum Gasteiger partial charge on any atom is 0.459 e. The first-order chi connectivity index (χ1) is 10.6. The number of hydrogen-bond acceptors (Lipinski definition) is 4. The number of methoxy groups -OCH3 is 1. The zero-order valence-electron chi connectivity index (χ0n) is 11.2. The molecule has 2 aromatic rings. The number of thiazole rings is 1. The molecule has 23 heavy (non-hydrogen) atoms. The summed E-state index contributed by atoms with van der Waals surface area (Å²) in [6, 6.07) is 5.23. The fourth-order valence-electron chi connectivity index (χ4n) is 1.67. The standard InChI is InChI=1S/C13H7ClF5NO2S/c1-22-7-4-2-6(3-5-7)8(21)9-10(20-11(14)23-9)12(15,16)13(17,18)19/h2-5H,1H3. The van der Waals surface area contributed by atoms with Crippen molar-refractivity contribution in [2.45, 2.75) is 12.1 Å². The molecule has 0 radical (unpaired) electrons. The van der Waals surface area contributed by atoms with Crippen molar-refractivity contribution in [3.8, 4) is 5.75 Å². The van der Waals surface area contributed by atoms with Crippen LogP contribution < -0.4 is 4.74 Å². The monoisotopic (exact) mass is 371 g/mol. The van der Waals surface area contributed by atoms with Crippen molar-refractivity contribution in [2.24, 2.45) is 0 Å². The molecule has 0 bridgehead atoms. The van der Waals surface area contributed by atoms with Gasteiger partial charge in [-0.05, 0) is 24.3 Å². The third kappa shape index (κ3) is 3.30. The summed E-state index contributed by atoms with van der Waals surface area (Å²) in [4.78, 5) is 14.4. The number of alkyl halides is 5. The summed E-state index contributed by atoms with van der Waals surface area (Å²) in [7, 11) is 1.38. The van der Waals surface area contributed by atoms with E-state index >= 15 is 0 Å². The average molecular weight is 372 g/mol. The van der Waals surface area contributed by atoms with Crippen LogP contribution in [0.2, 0.25) is 4.47 Å². The number of ketones is 1. The van der Waals surface area contributed by atoms with Gasteiger partial charge in [0.05, 0.1) is 7.11 Å². The molecule has 1 aromatic heterocycles. The second-order valence-electron chi connectivity index (χ2n) is 4.27. The van der Waals surface area contributed by atoms with Crippen LogP contribution in [0.15, 0.2) is 24.3 Å². The molecule has 0 aliphatic heterocycles. The smallest absolute Gasteiger partial charge is 0.459 e. The van der Waals surface area contributed by atoms with Gasteiger partial charge in [-0.2, -0.15) is 22.0 Å². The van der Waals surface area contributed by atoms with Crippen molar-refractivity contribution in [3.63, 3.8) is 0 Å². The van der Waals surface area contributed by atoms with E-state index in [1.807, 2.05) is 0 Å². The van der Waals surface area contributed by atoms with Gasteiger partial charge >= 0.3 is 12.1 Å². The maximum absolute atomic E-state index is 13.5. The first-order valence-corrected chi connectivity index (χ1v) is 7.07. The average Bonchev–Trinajstić information content (AvgIpc) is 2.88. The van der Waals surface area contributed by atoms with Gasteiger partial charge in [0.2, 0.25) is 5.78 Å². The first kappa shape index (κ1) is 17.6. The number of nitrogens with zero attached hydrogens (tertiary/aromatic N) is 1. The molecule has 0 amide bonds. The Morgan fingerprint density at radius 1 is 1.17 bits per heavy atom. The zero-order valence-corrected chi connectivity index (χ0v) is 12.8. The number of ether oxygens (including phenoxy) is 1. The molecule has 0 atom stereocenters. The number of benzene rings is 1. The molecule has 124 valence electrons. The predicted octanol–water partition coefficient (Wildman–Crippen LogP) is 4.69. The number of hydrogen-bond donors (Lipinski definition) is 0. The van der Waals surface area contributed by atoms with Crippen LogP contribution in [0.3, 0.4) is 0 Å². The van der Waals surface area contributed by atoms with Crippen LogP contribution in [0, 0.1) is 0 Å². The van der Waals surface area contributed by atoms with Gasteiger partial charge in [-0.1, -0.05) is 22.9 Å². The van der Waals surface area contributed by atoms with Gasteiger partial charge in [0, 0.05) is 5.56 Å². The lowest BCUT2D eigenvalue weighted by Gasteiger charge is -2.18. The Morgan fingerprint density at radius 2 is 1.74 bits per heavy atom. The largest absolute Gasteiger partial charge is 0.497 e. The Morgan fingerprint density at radius 3 is 2.22 bits per heavy atom. The minimum absolute atomic E-state index is 0.0923. The SMILES string of the molecule is COc1ccc(C(=O)c2sc(Cl)nc2C(F)(F)C(F)(F)F)cc1. The van der Waals surface area contributed by atoms with Gasteiger partial charge < -0.3 is 4.74 Å². The van der Waals surface area contributed by atoms with E-state index in [1.54, 1.807) is 0 Å². The number of aromatic nitrogens is 1.